The lowest BCUT2D eigenvalue weighted by atomic mass is 10.1. The lowest BCUT2D eigenvalue weighted by molar-refractivity contribution is 0.554. The molecule has 2 atom stereocenters. The summed E-state index contributed by atoms with van der Waals surface area (Å²) in [5, 5.41) is 5.06. The second kappa shape index (κ2) is 8.05. The number of benzene rings is 1. The fourth-order valence-corrected chi connectivity index (χ4v) is 3.21. The molecule has 0 aliphatic heterocycles. The van der Waals surface area contributed by atoms with Crippen LogP contribution in [0.1, 0.15) is 22.8 Å². The summed E-state index contributed by atoms with van der Waals surface area (Å²) < 4.78 is 27.4. The van der Waals surface area contributed by atoms with Gasteiger partial charge < -0.3 is 11.1 Å². The molecule has 1 saturated carbocycles. The van der Waals surface area contributed by atoms with Crippen LogP contribution in [-0.2, 0) is 6.42 Å². The van der Waals surface area contributed by atoms with Crippen LogP contribution in [0, 0.1) is 11.6 Å². The van der Waals surface area contributed by atoms with E-state index in [9.17, 15) is 8.78 Å². The van der Waals surface area contributed by atoms with E-state index >= 15 is 0 Å². The maximum absolute atomic E-state index is 13.7. The lowest BCUT2D eigenvalue weighted by Gasteiger charge is -2.07. The van der Waals surface area contributed by atoms with Crippen LogP contribution in [0.4, 0.5) is 8.78 Å². The van der Waals surface area contributed by atoms with E-state index in [0.29, 0.717) is 18.9 Å². The Balaban J connectivity index is 0.00000192. The van der Waals surface area contributed by atoms with Crippen molar-refractivity contribution in [2.24, 2.45) is 10.7 Å². The van der Waals surface area contributed by atoms with Gasteiger partial charge in [-0.25, -0.2) is 8.78 Å². The predicted octanol–water partition coefficient (Wildman–Crippen LogP) is 3.65. The molecule has 1 aliphatic rings. The second-order valence-electron chi connectivity index (χ2n) is 5.32. The zero-order valence-corrected chi connectivity index (χ0v) is 15.5. The van der Waals surface area contributed by atoms with Crippen molar-refractivity contribution in [1.29, 1.82) is 0 Å². The molecule has 1 aliphatic carbocycles. The van der Waals surface area contributed by atoms with Crippen molar-refractivity contribution in [1.82, 2.24) is 5.32 Å². The summed E-state index contributed by atoms with van der Waals surface area (Å²) in [5.41, 5.74) is 5.97. The van der Waals surface area contributed by atoms with Crippen molar-refractivity contribution >= 4 is 41.3 Å². The largest absolute Gasteiger partial charge is 0.370 e. The van der Waals surface area contributed by atoms with Gasteiger partial charge in [0, 0.05) is 35.4 Å². The zero-order valence-electron chi connectivity index (χ0n) is 12.3. The smallest absolute Gasteiger partial charge is 0.188 e. The van der Waals surface area contributed by atoms with Gasteiger partial charge in [-0.05, 0) is 30.0 Å². The third-order valence-corrected chi connectivity index (χ3v) is 4.65. The van der Waals surface area contributed by atoms with Crippen LogP contribution < -0.4 is 11.1 Å². The van der Waals surface area contributed by atoms with E-state index in [4.69, 9.17) is 5.73 Å². The fourth-order valence-electron chi connectivity index (χ4n) is 2.52. The van der Waals surface area contributed by atoms with Crippen molar-refractivity contribution in [2.45, 2.75) is 24.8 Å². The summed E-state index contributed by atoms with van der Waals surface area (Å²) in [7, 11) is 0. The maximum atomic E-state index is 13.7. The highest BCUT2D eigenvalue weighted by Gasteiger charge is 2.42. The van der Waals surface area contributed by atoms with Crippen LogP contribution in [0.5, 0.6) is 0 Å². The van der Waals surface area contributed by atoms with E-state index in [1.807, 2.05) is 11.4 Å². The van der Waals surface area contributed by atoms with Crippen LogP contribution in [0.3, 0.4) is 0 Å². The van der Waals surface area contributed by atoms with Crippen LogP contribution in [0.15, 0.2) is 40.7 Å². The molecule has 3 rings (SSSR count). The number of halogens is 3. The van der Waals surface area contributed by atoms with E-state index in [0.717, 1.165) is 6.42 Å². The average molecular weight is 449 g/mol. The second-order valence-corrected chi connectivity index (χ2v) is 6.36. The van der Waals surface area contributed by atoms with Gasteiger partial charge in [0.2, 0.25) is 0 Å². The molecular formula is C16H18F2IN3S. The monoisotopic (exact) mass is 449 g/mol. The van der Waals surface area contributed by atoms with E-state index in [1.165, 1.54) is 23.1 Å². The molecular weight excluding hydrogens is 431 g/mol. The molecule has 3 N–H and O–H groups in total. The Bertz CT molecular complexity index is 656. The van der Waals surface area contributed by atoms with Crippen molar-refractivity contribution in [3.05, 3.63) is 57.8 Å². The Hall–Kier alpha value is -1.22. The summed E-state index contributed by atoms with van der Waals surface area (Å²) in [4.78, 5) is 5.51. The first-order valence-electron chi connectivity index (χ1n) is 7.18. The van der Waals surface area contributed by atoms with Gasteiger partial charge >= 0.3 is 0 Å². The maximum Gasteiger partial charge on any atom is 0.188 e. The minimum absolute atomic E-state index is 0. The molecule has 7 heteroatoms. The van der Waals surface area contributed by atoms with Crippen molar-refractivity contribution in [3.8, 4) is 0 Å². The zero-order chi connectivity index (χ0) is 15.5. The molecule has 0 saturated heterocycles. The molecule has 23 heavy (non-hydrogen) atoms. The molecule has 124 valence electrons. The van der Waals surface area contributed by atoms with Crippen LogP contribution >= 0.6 is 35.3 Å². The van der Waals surface area contributed by atoms with E-state index < -0.39 is 11.6 Å². The van der Waals surface area contributed by atoms with Crippen LogP contribution in [-0.4, -0.2) is 18.5 Å². The minimum Gasteiger partial charge on any atom is -0.370 e. The number of rotatable bonds is 5. The van der Waals surface area contributed by atoms with E-state index in [1.54, 1.807) is 11.3 Å². The fraction of sp³-hybridized carbons (Fsp3) is 0.312. The first-order valence-corrected chi connectivity index (χ1v) is 8.06. The number of hydrogen-bond donors (Lipinski definition) is 2. The van der Waals surface area contributed by atoms with E-state index in [2.05, 4.69) is 16.4 Å². The molecule has 1 heterocycles. The molecule has 1 fully saturated rings. The molecule has 0 radical (unpaired) electrons. The van der Waals surface area contributed by atoms with Crippen molar-refractivity contribution in [2.75, 3.05) is 6.54 Å². The SMILES string of the molecule is I.NC(=NCCc1cccs1)NC1CC1c1c(F)cccc1F. The van der Waals surface area contributed by atoms with Crippen molar-refractivity contribution < 1.29 is 8.78 Å². The summed E-state index contributed by atoms with van der Waals surface area (Å²) in [6.07, 6.45) is 1.51. The number of aliphatic imine (C=N–C) groups is 1. The Morgan fingerprint density at radius 1 is 1.26 bits per heavy atom. The van der Waals surface area contributed by atoms with Crippen LogP contribution in [0.25, 0.3) is 0 Å². The highest BCUT2D eigenvalue weighted by Crippen LogP contribution is 2.42. The molecule has 1 aromatic heterocycles. The van der Waals surface area contributed by atoms with Gasteiger partial charge in [-0.3, -0.25) is 4.99 Å². The predicted molar refractivity (Wildman–Crippen MR) is 101 cm³/mol. The van der Waals surface area contributed by atoms with E-state index in [-0.39, 0.29) is 41.5 Å². The highest BCUT2D eigenvalue weighted by molar-refractivity contribution is 14.0. The van der Waals surface area contributed by atoms with Gasteiger partial charge in [-0.1, -0.05) is 12.1 Å². The molecule has 0 bridgehead atoms. The number of nitrogens with one attached hydrogen (secondary N) is 1. The lowest BCUT2D eigenvalue weighted by Crippen LogP contribution is -2.34. The number of guanidine groups is 1. The minimum atomic E-state index is -0.498. The summed E-state index contributed by atoms with van der Waals surface area (Å²) >= 11 is 1.69. The Kier molecular flexibility index (Phi) is 6.34. The molecule has 0 spiro atoms. The standard InChI is InChI=1S/C16H17F2N3S.HI/c17-12-4-1-5-13(18)15(12)11-9-14(11)21-16(19)20-7-6-10-3-2-8-22-10;/h1-5,8,11,14H,6-7,9H2,(H3,19,20,21);1H. The van der Waals surface area contributed by atoms with Gasteiger partial charge in [-0.2, -0.15) is 0 Å². The summed E-state index contributed by atoms with van der Waals surface area (Å²) in [6.45, 7) is 0.602. The normalized spacial score (nSPS) is 20.0. The number of nitrogens with two attached hydrogens (primary N) is 1. The molecule has 2 aromatic rings. The Labute approximate surface area is 155 Å². The summed E-state index contributed by atoms with van der Waals surface area (Å²) in [5.74, 6) is -0.835. The Morgan fingerprint density at radius 3 is 2.65 bits per heavy atom. The third-order valence-electron chi connectivity index (χ3n) is 3.71. The topological polar surface area (TPSA) is 50.4 Å². The van der Waals surface area contributed by atoms with Crippen LogP contribution in [0.2, 0.25) is 0 Å². The quantitative estimate of drug-likeness (QED) is 0.416. The highest BCUT2D eigenvalue weighted by atomic mass is 127. The van der Waals surface area contributed by atoms with Crippen molar-refractivity contribution in [3.63, 3.8) is 0 Å². The molecule has 1 aromatic carbocycles. The van der Waals surface area contributed by atoms with Gasteiger partial charge in [0.15, 0.2) is 5.96 Å². The van der Waals surface area contributed by atoms with Gasteiger partial charge in [0.1, 0.15) is 11.6 Å². The first-order chi connectivity index (χ1) is 10.6. The molecule has 2 unspecified atom stereocenters. The number of nitrogens with zero attached hydrogens (tertiary/aromatic N) is 1. The molecule has 0 amide bonds. The van der Waals surface area contributed by atoms with Gasteiger partial charge in [0.25, 0.3) is 0 Å². The number of hydrogen-bond acceptors (Lipinski definition) is 2. The summed E-state index contributed by atoms with van der Waals surface area (Å²) in [6, 6.07) is 7.96. The average Bonchev–Trinajstić information content (AvgIpc) is 2.99. The number of thiophene rings is 1. The Morgan fingerprint density at radius 2 is 2.00 bits per heavy atom. The first kappa shape index (κ1) is 18.1. The van der Waals surface area contributed by atoms with Gasteiger partial charge in [-0.15, -0.1) is 35.3 Å². The molecule has 3 nitrogen and oxygen atoms in total. The third kappa shape index (κ3) is 4.63. The van der Waals surface area contributed by atoms with Gasteiger partial charge in [0.05, 0.1) is 0 Å².